The molecule has 0 bridgehead atoms. The molecular formula is C28H36N2O. The Labute approximate surface area is 187 Å². The minimum absolute atomic E-state index is 0.234. The molecular weight excluding hydrogens is 380 g/mol. The first kappa shape index (κ1) is 22.9. The molecule has 0 spiro atoms. The molecule has 164 valence electrons. The number of hydrogen-bond acceptors (Lipinski definition) is 3. The van der Waals surface area contributed by atoms with Gasteiger partial charge in [0.05, 0.1) is 0 Å². The van der Waals surface area contributed by atoms with Crippen LogP contribution in [0.5, 0.6) is 0 Å². The number of rotatable bonds is 6. The molecule has 0 radical (unpaired) electrons. The van der Waals surface area contributed by atoms with E-state index in [0.29, 0.717) is 0 Å². The van der Waals surface area contributed by atoms with E-state index in [1.807, 2.05) is 12.1 Å². The van der Waals surface area contributed by atoms with Gasteiger partial charge in [-0.1, -0.05) is 39.8 Å². The molecule has 4 N–H and O–H groups in total. The lowest BCUT2D eigenvalue weighted by Crippen LogP contribution is -2.17. The minimum atomic E-state index is 0.234. The minimum Gasteiger partial charge on any atom is -0.399 e. The third-order valence-electron chi connectivity index (χ3n) is 6.51. The molecule has 1 saturated carbocycles. The van der Waals surface area contributed by atoms with Crippen LogP contribution in [0.2, 0.25) is 0 Å². The largest absolute Gasteiger partial charge is 0.399 e. The van der Waals surface area contributed by atoms with Crippen molar-refractivity contribution in [3.8, 4) is 0 Å². The first-order valence-electron chi connectivity index (χ1n) is 11.7. The highest BCUT2D eigenvalue weighted by molar-refractivity contribution is 6.17. The van der Waals surface area contributed by atoms with Crippen LogP contribution in [0.25, 0.3) is 11.1 Å². The summed E-state index contributed by atoms with van der Waals surface area (Å²) in [5, 5.41) is 0. The fourth-order valence-corrected chi connectivity index (χ4v) is 4.96. The van der Waals surface area contributed by atoms with Crippen molar-refractivity contribution in [1.82, 2.24) is 0 Å². The Morgan fingerprint density at radius 3 is 1.52 bits per heavy atom. The predicted octanol–water partition coefficient (Wildman–Crippen LogP) is 6.76. The highest BCUT2D eigenvalue weighted by Gasteiger charge is 2.27. The van der Waals surface area contributed by atoms with Gasteiger partial charge in [0.2, 0.25) is 0 Å². The van der Waals surface area contributed by atoms with Crippen molar-refractivity contribution in [3.63, 3.8) is 0 Å². The van der Waals surface area contributed by atoms with Crippen molar-refractivity contribution < 1.29 is 4.79 Å². The van der Waals surface area contributed by atoms with E-state index >= 15 is 0 Å². The van der Waals surface area contributed by atoms with Crippen molar-refractivity contribution in [2.24, 2.45) is 0 Å². The lowest BCUT2D eigenvalue weighted by Gasteiger charge is -2.25. The monoisotopic (exact) mass is 416 g/mol. The van der Waals surface area contributed by atoms with Crippen molar-refractivity contribution in [2.75, 3.05) is 11.5 Å². The average molecular weight is 417 g/mol. The fraction of sp³-hybridized carbons (Fsp3) is 0.393. The molecule has 2 aromatic carbocycles. The van der Waals surface area contributed by atoms with Crippen LogP contribution in [0.15, 0.2) is 47.5 Å². The van der Waals surface area contributed by atoms with Gasteiger partial charge in [-0.05, 0) is 103 Å². The average Bonchev–Trinajstić information content (AvgIpc) is 2.78. The molecule has 1 aliphatic rings. The van der Waals surface area contributed by atoms with Crippen LogP contribution < -0.4 is 11.5 Å². The van der Waals surface area contributed by atoms with Gasteiger partial charge < -0.3 is 11.5 Å². The number of aryl methyl sites for hydroxylation is 2. The van der Waals surface area contributed by atoms with Gasteiger partial charge in [0, 0.05) is 22.5 Å². The smallest absolute Gasteiger partial charge is 0.185 e. The van der Waals surface area contributed by atoms with Crippen LogP contribution in [0.3, 0.4) is 0 Å². The van der Waals surface area contributed by atoms with Gasteiger partial charge in [-0.25, -0.2) is 0 Å². The van der Waals surface area contributed by atoms with Crippen LogP contribution in [0.4, 0.5) is 11.4 Å². The molecule has 2 aromatic rings. The molecule has 1 fully saturated rings. The number of ketones is 1. The Morgan fingerprint density at radius 1 is 0.742 bits per heavy atom. The maximum atomic E-state index is 13.8. The number of anilines is 2. The number of nitrogens with two attached hydrogens (primary N) is 2. The summed E-state index contributed by atoms with van der Waals surface area (Å²) in [7, 11) is 0. The van der Waals surface area contributed by atoms with E-state index in [-0.39, 0.29) is 5.78 Å². The van der Waals surface area contributed by atoms with Crippen molar-refractivity contribution in [3.05, 3.63) is 69.8 Å². The molecule has 3 rings (SSSR count). The number of benzene rings is 2. The van der Waals surface area contributed by atoms with Crippen molar-refractivity contribution in [2.45, 2.75) is 72.6 Å². The summed E-state index contributed by atoms with van der Waals surface area (Å²) in [5.41, 5.74) is 22.8. The summed E-state index contributed by atoms with van der Waals surface area (Å²) in [6.45, 7) is 8.60. The molecule has 3 heteroatoms. The van der Waals surface area contributed by atoms with Gasteiger partial charge in [0.15, 0.2) is 5.78 Å². The van der Waals surface area contributed by atoms with E-state index in [4.69, 9.17) is 11.5 Å². The highest BCUT2D eigenvalue weighted by atomic mass is 16.1. The molecule has 0 amide bonds. The second-order valence-electron chi connectivity index (χ2n) is 8.34. The zero-order valence-electron chi connectivity index (χ0n) is 19.5. The Balaban J connectivity index is 2.17. The van der Waals surface area contributed by atoms with Gasteiger partial charge in [-0.2, -0.15) is 0 Å². The Morgan fingerprint density at radius 2 is 1.16 bits per heavy atom. The first-order chi connectivity index (χ1) is 14.9. The van der Waals surface area contributed by atoms with E-state index < -0.39 is 0 Å². The number of hydrogen-bond donors (Lipinski definition) is 2. The van der Waals surface area contributed by atoms with Gasteiger partial charge in [-0.15, -0.1) is 0 Å². The molecule has 0 aromatic heterocycles. The number of nitrogen functional groups attached to an aromatic ring is 2. The zero-order valence-corrected chi connectivity index (χ0v) is 19.5. The normalized spacial score (nSPS) is 17.6. The lowest BCUT2D eigenvalue weighted by molar-refractivity contribution is -0.112. The van der Waals surface area contributed by atoms with Crippen LogP contribution in [-0.4, -0.2) is 5.78 Å². The van der Waals surface area contributed by atoms with Crippen molar-refractivity contribution in [1.29, 1.82) is 0 Å². The summed E-state index contributed by atoms with van der Waals surface area (Å²) in [5.74, 6) is 0.234. The summed E-state index contributed by atoms with van der Waals surface area (Å²) >= 11 is 0. The van der Waals surface area contributed by atoms with E-state index in [1.54, 1.807) is 0 Å². The van der Waals surface area contributed by atoms with Gasteiger partial charge >= 0.3 is 0 Å². The number of carbonyl (C=O) groups is 1. The van der Waals surface area contributed by atoms with Crippen LogP contribution in [-0.2, 0) is 17.6 Å². The fourth-order valence-electron chi connectivity index (χ4n) is 4.96. The van der Waals surface area contributed by atoms with Crippen LogP contribution in [0.1, 0.15) is 82.1 Å². The molecule has 0 unspecified atom stereocenters. The second-order valence-corrected chi connectivity index (χ2v) is 8.34. The Bertz CT molecular complexity index is 961. The molecule has 1 aliphatic carbocycles. The van der Waals surface area contributed by atoms with Crippen LogP contribution >= 0.6 is 0 Å². The zero-order chi connectivity index (χ0) is 22.5. The molecule has 3 nitrogen and oxygen atoms in total. The lowest BCUT2D eigenvalue weighted by atomic mass is 9.78. The van der Waals surface area contributed by atoms with E-state index in [2.05, 4.69) is 52.0 Å². The predicted molar refractivity (Wildman–Crippen MR) is 134 cm³/mol. The standard InChI is InChI=1S/C28H36N2O/c1-5-18-16-20(29)12-14-24(18)22(7-3)26-10-9-11-27(28(26)31)23(8-4)25-15-13-21(30)17-19(25)6-2/h12-17H,5-11,29-30H2,1-4H3. The molecule has 0 aliphatic heterocycles. The van der Waals surface area contributed by atoms with E-state index in [9.17, 15) is 4.79 Å². The number of Topliss-reactive ketones (excluding diaryl/α,β-unsaturated/α-hetero) is 1. The number of carbonyl (C=O) groups excluding carboxylic acids is 1. The third kappa shape index (κ3) is 4.61. The molecule has 31 heavy (non-hydrogen) atoms. The number of allylic oxidation sites excluding steroid dienone is 4. The van der Waals surface area contributed by atoms with Crippen molar-refractivity contribution >= 4 is 28.3 Å². The van der Waals surface area contributed by atoms with E-state index in [0.717, 1.165) is 67.5 Å². The summed E-state index contributed by atoms with van der Waals surface area (Å²) in [6.07, 6.45) is 6.19. The van der Waals surface area contributed by atoms with Gasteiger partial charge in [0.1, 0.15) is 0 Å². The topological polar surface area (TPSA) is 69.1 Å². The van der Waals surface area contributed by atoms with E-state index in [1.165, 1.54) is 33.4 Å². The Kier molecular flexibility index (Phi) is 7.37. The maximum absolute atomic E-state index is 13.8. The SMILES string of the molecule is CCC(=C1CCCC(=C(CC)c2ccc(N)cc2CC)C1=O)c1ccc(N)cc1CC. The molecule has 0 heterocycles. The summed E-state index contributed by atoms with van der Waals surface area (Å²) in [6, 6.07) is 12.2. The first-order valence-corrected chi connectivity index (χ1v) is 11.7. The summed E-state index contributed by atoms with van der Waals surface area (Å²) in [4.78, 5) is 13.8. The van der Waals surface area contributed by atoms with Gasteiger partial charge in [0.25, 0.3) is 0 Å². The second kappa shape index (κ2) is 10.00. The quantitative estimate of drug-likeness (QED) is 0.404. The third-order valence-corrected chi connectivity index (χ3v) is 6.51. The highest BCUT2D eigenvalue weighted by Crippen LogP contribution is 2.39. The molecule has 0 saturated heterocycles. The summed E-state index contributed by atoms with van der Waals surface area (Å²) < 4.78 is 0. The molecule has 0 atom stereocenters. The van der Waals surface area contributed by atoms with Crippen LogP contribution in [0, 0.1) is 0 Å². The maximum Gasteiger partial charge on any atom is 0.185 e. The van der Waals surface area contributed by atoms with Gasteiger partial charge in [-0.3, -0.25) is 4.79 Å². The Hall–Kier alpha value is -2.81.